The highest BCUT2D eigenvalue weighted by molar-refractivity contribution is 6.34. The van der Waals surface area contributed by atoms with Crippen molar-refractivity contribution in [3.8, 4) is 0 Å². The van der Waals surface area contributed by atoms with Crippen molar-refractivity contribution in [2.75, 3.05) is 0 Å². The lowest BCUT2D eigenvalue weighted by molar-refractivity contribution is 0.0328. The Morgan fingerprint density at radius 2 is 2.20 bits per heavy atom. The summed E-state index contributed by atoms with van der Waals surface area (Å²) in [6, 6.07) is 3.04. The lowest BCUT2D eigenvalue weighted by atomic mass is 10.3. The van der Waals surface area contributed by atoms with Crippen LogP contribution >= 0.6 is 23.2 Å². The minimum Gasteiger partial charge on any atom is -0.458 e. The molecule has 0 aliphatic rings. The van der Waals surface area contributed by atoms with Crippen LogP contribution in [-0.2, 0) is 4.74 Å². The average molecular weight is 248 g/mol. The number of aromatic nitrogens is 1. The molecule has 5 heteroatoms. The molecule has 0 bridgehead atoms. The molecule has 0 N–H and O–H groups in total. The van der Waals surface area contributed by atoms with Crippen LogP contribution in [0.2, 0.25) is 10.2 Å². The van der Waals surface area contributed by atoms with Crippen LogP contribution in [0, 0.1) is 0 Å². The summed E-state index contributed by atoms with van der Waals surface area (Å²) < 4.78 is 5.08. The van der Waals surface area contributed by atoms with E-state index in [1.165, 1.54) is 12.1 Å². The summed E-state index contributed by atoms with van der Waals surface area (Å²) in [7, 11) is 0. The van der Waals surface area contributed by atoms with E-state index in [9.17, 15) is 4.79 Å². The minimum absolute atomic E-state index is 0.0597. The number of halogens is 2. The second kappa shape index (κ2) is 5.33. The van der Waals surface area contributed by atoms with E-state index in [4.69, 9.17) is 27.9 Å². The van der Waals surface area contributed by atoms with E-state index < -0.39 is 5.97 Å². The number of carbonyl (C=O) groups excluding carboxylic acids is 1. The summed E-state index contributed by atoms with van der Waals surface area (Å²) >= 11 is 11.4. The van der Waals surface area contributed by atoms with Gasteiger partial charge in [0, 0.05) is 0 Å². The van der Waals surface area contributed by atoms with Gasteiger partial charge >= 0.3 is 5.97 Å². The van der Waals surface area contributed by atoms with Crippen LogP contribution in [0.4, 0.5) is 0 Å². The second-order valence-corrected chi connectivity index (χ2v) is 3.88. The Balaban J connectivity index is 2.86. The summed E-state index contributed by atoms with van der Waals surface area (Å²) in [5.74, 6) is -0.545. The number of pyridine rings is 1. The molecule has 0 amide bonds. The molecule has 0 aliphatic carbocycles. The molecule has 0 saturated heterocycles. The maximum Gasteiger partial charge on any atom is 0.358 e. The van der Waals surface area contributed by atoms with Gasteiger partial charge in [-0.2, -0.15) is 0 Å². The number of hydrogen-bond donors (Lipinski definition) is 0. The predicted molar refractivity (Wildman–Crippen MR) is 59.4 cm³/mol. The van der Waals surface area contributed by atoms with Crippen LogP contribution in [0.1, 0.15) is 30.8 Å². The maximum atomic E-state index is 11.6. The van der Waals surface area contributed by atoms with E-state index >= 15 is 0 Å². The van der Waals surface area contributed by atoms with Gasteiger partial charge < -0.3 is 4.74 Å². The molecule has 15 heavy (non-hydrogen) atoms. The van der Waals surface area contributed by atoms with Crippen molar-refractivity contribution in [3.05, 3.63) is 28.0 Å². The zero-order valence-corrected chi connectivity index (χ0v) is 9.97. The van der Waals surface area contributed by atoms with Gasteiger partial charge in [-0.15, -0.1) is 0 Å². The Bertz CT molecular complexity index is 368. The molecule has 1 heterocycles. The summed E-state index contributed by atoms with van der Waals surface area (Å²) in [5.41, 5.74) is 0.0597. The van der Waals surface area contributed by atoms with Gasteiger partial charge in [0.1, 0.15) is 5.15 Å². The van der Waals surface area contributed by atoms with Gasteiger partial charge in [0.15, 0.2) is 5.69 Å². The van der Waals surface area contributed by atoms with Crippen molar-refractivity contribution in [2.45, 2.75) is 26.4 Å². The Kier molecular flexibility index (Phi) is 4.36. The van der Waals surface area contributed by atoms with Crippen molar-refractivity contribution in [3.63, 3.8) is 0 Å². The van der Waals surface area contributed by atoms with Crippen LogP contribution in [0.5, 0.6) is 0 Å². The van der Waals surface area contributed by atoms with E-state index in [0.717, 1.165) is 6.42 Å². The van der Waals surface area contributed by atoms with Gasteiger partial charge in [0.25, 0.3) is 0 Å². The first-order chi connectivity index (χ1) is 7.04. The third kappa shape index (κ3) is 3.36. The molecule has 0 aliphatic heterocycles. The molecule has 1 aromatic heterocycles. The molecule has 3 nitrogen and oxygen atoms in total. The normalized spacial score (nSPS) is 12.3. The predicted octanol–water partition coefficient (Wildman–Crippen LogP) is 3.34. The highest BCUT2D eigenvalue weighted by Gasteiger charge is 2.16. The summed E-state index contributed by atoms with van der Waals surface area (Å²) in [6.45, 7) is 3.72. The van der Waals surface area contributed by atoms with Gasteiger partial charge in [-0.25, -0.2) is 9.78 Å². The first-order valence-corrected chi connectivity index (χ1v) is 5.33. The Labute approximate surface area is 98.4 Å². The lowest BCUT2D eigenvalue weighted by Crippen LogP contribution is -2.15. The largest absolute Gasteiger partial charge is 0.458 e. The SMILES string of the molecule is CCC(C)OC(=O)c1nc(Cl)ccc1Cl. The monoisotopic (exact) mass is 247 g/mol. The third-order valence-electron chi connectivity index (χ3n) is 1.89. The Morgan fingerprint density at radius 1 is 1.53 bits per heavy atom. The van der Waals surface area contributed by atoms with E-state index in [0.29, 0.717) is 0 Å². The molecular formula is C10H11Cl2NO2. The van der Waals surface area contributed by atoms with E-state index in [2.05, 4.69) is 4.98 Å². The van der Waals surface area contributed by atoms with Crippen LogP contribution in [-0.4, -0.2) is 17.1 Å². The number of hydrogen-bond acceptors (Lipinski definition) is 3. The van der Waals surface area contributed by atoms with E-state index in [-0.39, 0.29) is 22.0 Å². The van der Waals surface area contributed by atoms with Gasteiger partial charge in [-0.1, -0.05) is 30.1 Å². The summed E-state index contributed by atoms with van der Waals surface area (Å²) in [5, 5.41) is 0.461. The highest BCUT2D eigenvalue weighted by atomic mass is 35.5. The van der Waals surface area contributed by atoms with Gasteiger partial charge in [-0.05, 0) is 25.5 Å². The Morgan fingerprint density at radius 3 is 2.80 bits per heavy atom. The fourth-order valence-electron chi connectivity index (χ4n) is 0.883. The molecule has 0 fully saturated rings. The van der Waals surface area contributed by atoms with Crippen LogP contribution in [0.3, 0.4) is 0 Å². The lowest BCUT2D eigenvalue weighted by Gasteiger charge is -2.10. The van der Waals surface area contributed by atoms with Crippen LogP contribution in [0.25, 0.3) is 0 Å². The number of esters is 1. The molecule has 1 aromatic rings. The van der Waals surface area contributed by atoms with Crippen molar-refractivity contribution in [1.82, 2.24) is 4.98 Å². The van der Waals surface area contributed by atoms with Crippen molar-refractivity contribution >= 4 is 29.2 Å². The van der Waals surface area contributed by atoms with Gasteiger partial charge in [0.05, 0.1) is 11.1 Å². The van der Waals surface area contributed by atoms with Crippen LogP contribution < -0.4 is 0 Å². The number of ether oxygens (including phenoxy) is 1. The number of carbonyl (C=O) groups is 1. The molecule has 1 unspecified atom stereocenters. The summed E-state index contributed by atoms with van der Waals surface area (Å²) in [4.78, 5) is 15.4. The Hall–Kier alpha value is -0.800. The topological polar surface area (TPSA) is 39.2 Å². The first kappa shape index (κ1) is 12.3. The zero-order valence-electron chi connectivity index (χ0n) is 8.46. The highest BCUT2D eigenvalue weighted by Crippen LogP contribution is 2.18. The van der Waals surface area contributed by atoms with Gasteiger partial charge in [-0.3, -0.25) is 0 Å². The minimum atomic E-state index is -0.545. The van der Waals surface area contributed by atoms with Gasteiger partial charge in [0.2, 0.25) is 0 Å². The number of nitrogens with zero attached hydrogens (tertiary/aromatic N) is 1. The molecule has 82 valence electrons. The molecule has 0 aromatic carbocycles. The van der Waals surface area contributed by atoms with Crippen molar-refractivity contribution in [1.29, 1.82) is 0 Å². The smallest absolute Gasteiger partial charge is 0.358 e. The summed E-state index contributed by atoms with van der Waals surface area (Å²) in [6.07, 6.45) is 0.582. The third-order valence-corrected chi connectivity index (χ3v) is 2.40. The average Bonchev–Trinajstić information content (AvgIpc) is 2.21. The molecule has 1 atom stereocenters. The number of rotatable bonds is 3. The van der Waals surface area contributed by atoms with E-state index in [1.807, 2.05) is 6.92 Å². The zero-order chi connectivity index (χ0) is 11.4. The second-order valence-electron chi connectivity index (χ2n) is 3.09. The standard InChI is InChI=1S/C10H11Cl2NO2/c1-3-6(2)15-10(14)9-7(11)4-5-8(12)13-9/h4-6H,3H2,1-2H3. The molecule has 0 saturated carbocycles. The fourth-order valence-corrected chi connectivity index (χ4v) is 1.21. The molecule has 0 radical (unpaired) electrons. The van der Waals surface area contributed by atoms with E-state index in [1.54, 1.807) is 6.92 Å². The van der Waals surface area contributed by atoms with Crippen molar-refractivity contribution < 1.29 is 9.53 Å². The van der Waals surface area contributed by atoms with Crippen LogP contribution in [0.15, 0.2) is 12.1 Å². The fraction of sp³-hybridized carbons (Fsp3) is 0.400. The maximum absolute atomic E-state index is 11.6. The quantitative estimate of drug-likeness (QED) is 0.608. The molecule has 1 rings (SSSR count). The van der Waals surface area contributed by atoms with Crippen molar-refractivity contribution in [2.24, 2.45) is 0 Å². The first-order valence-electron chi connectivity index (χ1n) is 4.57. The molecule has 0 spiro atoms. The molecular weight excluding hydrogens is 237 g/mol.